The lowest BCUT2D eigenvalue weighted by molar-refractivity contribution is -0.114. The van der Waals surface area contributed by atoms with Crippen LogP contribution in [0.2, 0.25) is 5.02 Å². The fourth-order valence-electron chi connectivity index (χ4n) is 3.15. The van der Waals surface area contributed by atoms with E-state index in [1.807, 2.05) is 43.3 Å². The zero-order chi connectivity index (χ0) is 21.5. The predicted molar refractivity (Wildman–Crippen MR) is 124 cm³/mol. The van der Waals surface area contributed by atoms with E-state index in [-0.39, 0.29) is 11.4 Å². The molecule has 2 aliphatic heterocycles. The van der Waals surface area contributed by atoms with Crippen molar-refractivity contribution in [2.75, 3.05) is 0 Å². The van der Waals surface area contributed by atoms with Crippen molar-refractivity contribution >= 4 is 51.4 Å². The molecule has 152 valence electrons. The minimum Gasteiger partial charge on any atom is -0.457 e. The summed E-state index contributed by atoms with van der Waals surface area (Å²) in [7, 11) is 0. The largest absolute Gasteiger partial charge is 0.457 e. The van der Waals surface area contributed by atoms with Crippen molar-refractivity contribution < 1.29 is 9.21 Å². The SMILES string of the molecule is Cc1ccc(C2=NN3C(=N)/C(=C\c4ccc(-c5ccc(Cl)cc5)o4)C(=O)N=C3S2)cc1. The van der Waals surface area contributed by atoms with Gasteiger partial charge in [0.15, 0.2) is 5.84 Å². The molecule has 31 heavy (non-hydrogen) atoms. The normalized spacial score (nSPS) is 17.1. The van der Waals surface area contributed by atoms with Gasteiger partial charge in [-0.05, 0) is 61.2 Å². The summed E-state index contributed by atoms with van der Waals surface area (Å²) in [5.41, 5.74) is 3.04. The van der Waals surface area contributed by atoms with Crippen LogP contribution in [0.25, 0.3) is 17.4 Å². The van der Waals surface area contributed by atoms with E-state index in [1.54, 1.807) is 24.3 Å². The van der Waals surface area contributed by atoms with Gasteiger partial charge in [0, 0.05) is 16.1 Å². The van der Waals surface area contributed by atoms with Crippen molar-refractivity contribution in [3.05, 3.63) is 88.1 Å². The number of thioether (sulfide) groups is 1. The molecule has 2 aromatic carbocycles. The average Bonchev–Trinajstić information content (AvgIpc) is 3.40. The van der Waals surface area contributed by atoms with Crippen molar-refractivity contribution in [3.8, 4) is 11.3 Å². The number of aliphatic imine (C=N–C) groups is 1. The standard InChI is InChI=1S/C23H15ClN4O2S/c1-13-2-4-15(5-3-13)22-27-28-20(25)18(21(29)26-23(28)31-22)12-17-10-11-19(30-17)14-6-8-16(24)9-7-14/h2-12,25H,1H3/b18-12+,25-20?. The summed E-state index contributed by atoms with van der Waals surface area (Å²) in [6, 6.07) is 18.7. The van der Waals surface area contributed by atoms with Gasteiger partial charge in [-0.25, -0.2) is 0 Å². The highest BCUT2D eigenvalue weighted by atomic mass is 35.5. The van der Waals surface area contributed by atoms with Crippen LogP contribution in [0.4, 0.5) is 0 Å². The molecule has 6 nitrogen and oxygen atoms in total. The van der Waals surface area contributed by atoms with Crippen LogP contribution < -0.4 is 0 Å². The summed E-state index contributed by atoms with van der Waals surface area (Å²) >= 11 is 7.21. The Hall–Kier alpha value is -3.42. The summed E-state index contributed by atoms with van der Waals surface area (Å²) in [5.74, 6) is 0.563. The van der Waals surface area contributed by atoms with E-state index in [0.29, 0.717) is 26.8 Å². The van der Waals surface area contributed by atoms with Gasteiger partial charge in [-0.1, -0.05) is 41.4 Å². The molecule has 0 radical (unpaired) electrons. The lowest BCUT2D eigenvalue weighted by Gasteiger charge is -2.19. The second-order valence-corrected chi connectivity index (χ2v) is 8.39. The Morgan fingerprint density at radius 2 is 1.74 bits per heavy atom. The molecule has 0 aliphatic carbocycles. The minimum atomic E-state index is -0.492. The van der Waals surface area contributed by atoms with Gasteiger partial charge in [0.25, 0.3) is 5.91 Å². The van der Waals surface area contributed by atoms with E-state index in [4.69, 9.17) is 21.4 Å². The van der Waals surface area contributed by atoms with Crippen LogP contribution in [0.1, 0.15) is 16.9 Å². The summed E-state index contributed by atoms with van der Waals surface area (Å²) < 4.78 is 5.85. The average molecular weight is 447 g/mol. The Morgan fingerprint density at radius 3 is 2.48 bits per heavy atom. The first-order chi connectivity index (χ1) is 15.0. The molecule has 8 heteroatoms. The van der Waals surface area contributed by atoms with E-state index in [2.05, 4.69) is 10.1 Å². The Balaban J connectivity index is 1.43. The molecule has 2 aliphatic rings. The predicted octanol–water partition coefficient (Wildman–Crippen LogP) is 5.58. The molecule has 0 saturated carbocycles. The van der Waals surface area contributed by atoms with Gasteiger partial charge < -0.3 is 4.42 Å². The lowest BCUT2D eigenvalue weighted by atomic mass is 10.1. The van der Waals surface area contributed by atoms with E-state index < -0.39 is 5.91 Å². The van der Waals surface area contributed by atoms with Crippen LogP contribution in [0, 0.1) is 12.3 Å². The first-order valence-corrected chi connectivity index (χ1v) is 10.6. The van der Waals surface area contributed by atoms with Gasteiger partial charge in [-0.2, -0.15) is 15.1 Å². The third-order valence-electron chi connectivity index (χ3n) is 4.80. The van der Waals surface area contributed by atoms with Crippen LogP contribution >= 0.6 is 23.4 Å². The number of nitrogens with one attached hydrogen (secondary N) is 1. The van der Waals surface area contributed by atoms with Gasteiger partial charge in [0.2, 0.25) is 5.17 Å². The molecule has 1 N–H and O–H groups in total. The molecule has 0 atom stereocenters. The molecule has 0 spiro atoms. The van der Waals surface area contributed by atoms with Crippen molar-refractivity contribution in [1.29, 1.82) is 5.41 Å². The molecular weight excluding hydrogens is 432 g/mol. The first kappa shape index (κ1) is 19.5. The number of hydrazone groups is 1. The number of nitrogens with zero attached hydrogens (tertiary/aromatic N) is 3. The maximum atomic E-state index is 12.6. The number of furan rings is 1. The second-order valence-electron chi connectivity index (χ2n) is 7.00. The summed E-state index contributed by atoms with van der Waals surface area (Å²) in [6.45, 7) is 2.01. The Morgan fingerprint density at radius 1 is 1.03 bits per heavy atom. The third kappa shape index (κ3) is 3.73. The summed E-state index contributed by atoms with van der Waals surface area (Å²) in [6.07, 6.45) is 1.52. The van der Waals surface area contributed by atoms with E-state index >= 15 is 0 Å². The van der Waals surface area contributed by atoms with Crippen molar-refractivity contribution in [1.82, 2.24) is 5.01 Å². The second kappa shape index (κ2) is 7.68. The summed E-state index contributed by atoms with van der Waals surface area (Å²) in [5, 5.41) is 16.1. The van der Waals surface area contributed by atoms with Crippen molar-refractivity contribution in [2.45, 2.75) is 6.92 Å². The van der Waals surface area contributed by atoms with E-state index in [9.17, 15) is 4.79 Å². The number of benzene rings is 2. The maximum Gasteiger partial charge on any atom is 0.283 e. The topological polar surface area (TPSA) is 82.0 Å². The van der Waals surface area contributed by atoms with E-state index in [1.165, 1.54) is 22.8 Å². The summed E-state index contributed by atoms with van der Waals surface area (Å²) in [4.78, 5) is 16.7. The number of hydrogen-bond acceptors (Lipinski definition) is 5. The minimum absolute atomic E-state index is 0.0333. The van der Waals surface area contributed by atoms with Crippen LogP contribution in [-0.4, -0.2) is 27.0 Å². The smallest absolute Gasteiger partial charge is 0.283 e. The molecule has 5 rings (SSSR count). The van der Waals surface area contributed by atoms with Gasteiger partial charge in [0.1, 0.15) is 16.6 Å². The van der Waals surface area contributed by atoms with Crippen molar-refractivity contribution in [2.24, 2.45) is 10.1 Å². The van der Waals surface area contributed by atoms with Crippen LogP contribution in [0.5, 0.6) is 0 Å². The molecule has 1 aromatic heterocycles. The van der Waals surface area contributed by atoms with Crippen molar-refractivity contribution in [3.63, 3.8) is 0 Å². The highest BCUT2D eigenvalue weighted by Gasteiger charge is 2.36. The molecule has 0 fully saturated rings. The number of fused-ring (bicyclic) bond motifs is 1. The molecule has 0 saturated heterocycles. The molecule has 3 aromatic rings. The number of carbonyl (C=O) groups excluding carboxylic acids is 1. The first-order valence-electron chi connectivity index (χ1n) is 9.41. The van der Waals surface area contributed by atoms with E-state index in [0.717, 1.165) is 16.7 Å². The maximum absolute atomic E-state index is 12.6. The third-order valence-corrected chi connectivity index (χ3v) is 6.00. The number of halogens is 1. The number of aryl methyl sites for hydroxylation is 1. The number of carbonyl (C=O) groups is 1. The van der Waals surface area contributed by atoms with Gasteiger partial charge >= 0.3 is 0 Å². The molecule has 1 amide bonds. The van der Waals surface area contributed by atoms with Gasteiger partial charge in [-0.3, -0.25) is 10.2 Å². The Kier molecular flexibility index (Phi) is 4.84. The van der Waals surface area contributed by atoms with Crippen LogP contribution in [-0.2, 0) is 4.79 Å². The number of amidine groups is 2. The van der Waals surface area contributed by atoms with Crippen LogP contribution in [0.3, 0.4) is 0 Å². The molecule has 3 heterocycles. The number of hydrogen-bond donors (Lipinski definition) is 1. The molecule has 0 unspecified atom stereocenters. The van der Waals surface area contributed by atoms with Crippen LogP contribution in [0.15, 0.2) is 80.7 Å². The highest BCUT2D eigenvalue weighted by Crippen LogP contribution is 2.31. The Bertz CT molecular complexity index is 1300. The van der Waals surface area contributed by atoms with Gasteiger partial charge in [-0.15, -0.1) is 0 Å². The Labute approximate surface area is 187 Å². The molecular formula is C23H15ClN4O2S. The lowest BCUT2D eigenvalue weighted by Crippen LogP contribution is -2.35. The zero-order valence-electron chi connectivity index (χ0n) is 16.3. The number of rotatable bonds is 3. The van der Waals surface area contributed by atoms with Gasteiger partial charge in [0.05, 0.1) is 5.57 Å². The zero-order valence-corrected chi connectivity index (χ0v) is 17.9. The monoisotopic (exact) mass is 446 g/mol. The quantitative estimate of drug-likeness (QED) is 0.533. The number of amides is 1. The highest BCUT2D eigenvalue weighted by molar-refractivity contribution is 8.27. The fraction of sp³-hybridized carbons (Fsp3) is 0.0435. The molecule has 0 bridgehead atoms. The fourth-order valence-corrected chi connectivity index (χ4v) is 4.17.